The number of carbonyl (C=O) groups excluding carboxylic acids is 1. The van der Waals surface area contributed by atoms with E-state index in [9.17, 15) is 4.79 Å². The minimum atomic E-state index is -0.289. The number of rotatable bonds is 6. The standard InChI is InChI=1S/C19H29NO2/c1-18(2,3)14-19(4,5)20-13-16(17(21)22-6)12-15-10-8-7-9-11-15/h7-12,20H,13-14H2,1-6H3. The van der Waals surface area contributed by atoms with Gasteiger partial charge in [0.05, 0.1) is 12.7 Å². The van der Waals surface area contributed by atoms with Gasteiger partial charge in [0.15, 0.2) is 0 Å². The average Bonchev–Trinajstić information content (AvgIpc) is 2.41. The number of benzene rings is 1. The van der Waals surface area contributed by atoms with Crippen LogP contribution < -0.4 is 5.32 Å². The van der Waals surface area contributed by atoms with Gasteiger partial charge in [-0.15, -0.1) is 0 Å². The topological polar surface area (TPSA) is 38.3 Å². The molecule has 0 unspecified atom stereocenters. The van der Waals surface area contributed by atoms with Crippen LogP contribution >= 0.6 is 0 Å². The van der Waals surface area contributed by atoms with Gasteiger partial charge in [0.25, 0.3) is 0 Å². The van der Waals surface area contributed by atoms with E-state index < -0.39 is 0 Å². The van der Waals surface area contributed by atoms with Crippen LogP contribution in [0.3, 0.4) is 0 Å². The molecular weight excluding hydrogens is 274 g/mol. The Labute approximate surface area is 134 Å². The number of hydrogen-bond donors (Lipinski definition) is 1. The molecular formula is C19H29NO2. The van der Waals surface area contributed by atoms with Crippen LogP contribution in [0.1, 0.15) is 46.6 Å². The Morgan fingerprint density at radius 2 is 1.73 bits per heavy atom. The second-order valence-electron chi connectivity index (χ2n) is 7.55. The molecule has 22 heavy (non-hydrogen) atoms. The van der Waals surface area contributed by atoms with Gasteiger partial charge in [-0.05, 0) is 37.3 Å². The lowest BCUT2D eigenvalue weighted by Crippen LogP contribution is -2.43. The summed E-state index contributed by atoms with van der Waals surface area (Å²) in [6, 6.07) is 9.82. The number of nitrogens with one attached hydrogen (secondary N) is 1. The Morgan fingerprint density at radius 1 is 1.14 bits per heavy atom. The third-order valence-electron chi connectivity index (χ3n) is 3.32. The lowest BCUT2D eigenvalue weighted by atomic mass is 9.81. The SMILES string of the molecule is COC(=O)C(=Cc1ccccc1)CNC(C)(C)CC(C)(C)C. The molecule has 0 atom stereocenters. The highest BCUT2D eigenvalue weighted by molar-refractivity contribution is 5.94. The molecule has 0 heterocycles. The quantitative estimate of drug-likeness (QED) is 0.636. The van der Waals surface area contributed by atoms with E-state index >= 15 is 0 Å². The summed E-state index contributed by atoms with van der Waals surface area (Å²) in [5, 5.41) is 3.48. The zero-order chi connectivity index (χ0) is 16.8. The van der Waals surface area contributed by atoms with Gasteiger partial charge in [0.2, 0.25) is 0 Å². The zero-order valence-corrected chi connectivity index (χ0v) is 14.7. The van der Waals surface area contributed by atoms with Crippen LogP contribution in [0, 0.1) is 5.41 Å². The minimum Gasteiger partial charge on any atom is -0.466 e. The van der Waals surface area contributed by atoms with Crippen molar-refractivity contribution < 1.29 is 9.53 Å². The normalized spacial score (nSPS) is 13.1. The van der Waals surface area contributed by atoms with Gasteiger partial charge in [-0.3, -0.25) is 0 Å². The third kappa shape index (κ3) is 6.90. The summed E-state index contributed by atoms with van der Waals surface area (Å²) in [5.74, 6) is -0.289. The monoisotopic (exact) mass is 303 g/mol. The molecule has 0 fully saturated rings. The van der Waals surface area contributed by atoms with Crippen molar-refractivity contribution in [3.8, 4) is 0 Å². The first-order chi connectivity index (χ1) is 10.1. The Hall–Kier alpha value is -1.61. The Morgan fingerprint density at radius 3 is 2.23 bits per heavy atom. The van der Waals surface area contributed by atoms with E-state index in [2.05, 4.69) is 39.9 Å². The Balaban J connectivity index is 2.83. The van der Waals surface area contributed by atoms with Crippen LogP contribution in [0.25, 0.3) is 6.08 Å². The summed E-state index contributed by atoms with van der Waals surface area (Å²) >= 11 is 0. The van der Waals surface area contributed by atoms with E-state index in [4.69, 9.17) is 4.74 Å². The molecule has 0 aliphatic heterocycles. The summed E-state index contributed by atoms with van der Waals surface area (Å²) in [6.07, 6.45) is 2.89. The van der Waals surface area contributed by atoms with Gasteiger partial charge < -0.3 is 10.1 Å². The molecule has 3 heteroatoms. The minimum absolute atomic E-state index is 0.0535. The van der Waals surface area contributed by atoms with Crippen LogP contribution in [0.4, 0.5) is 0 Å². The van der Waals surface area contributed by atoms with Gasteiger partial charge in [-0.25, -0.2) is 4.79 Å². The molecule has 0 spiro atoms. The molecule has 0 bridgehead atoms. The van der Waals surface area contributed by atoms with E-state index in [0.717, 1.165) is 12.0 Å². The summed E-state index contributed by atoms with van der Waals surface area (Å²) in [7, 11) is 1.42. The highest BCUT2D eigenvalue weighted by Crippen LogP contribution is 2.26. The van der Waals surface area contributed by atoms with Gasteiger partial charge in [0, 0.05) is 12.1 Å². The van der Waals surface area contributed by atoms with Crippen LogP contribution in [-0.2, 0) is 9.53 Å². The lowest BCUT2D eigenvalue weighted by molar-refractivity contribution is -0.136. The summed E-state index contributed by atoms with van der Waals surface area (Å²) in [4.78, 5) is 12.0. The van der Waals surface area contributed by atoms with Crippen LogP contribution in [0.5, 0.6) is 0 Å². The molecule has 1 rings (SSSR count). The predicted octanol–water partition coefficient (Wildman–Crippen LogP) is 4.05. The van der Waals surface area contributed by atoms with Crippen molar-refractivity contribution in [1.29, 1.82) is 0 Å². The summed E-state index contributed by atoms with van der Waals surface area (Å²) in [5.41, 5.74) is 1.81. The first-order valence-corrected chi connectivity index (χ1v) is 7.72. The molecule has 1 aromatic rings. The third-order valence-corrected chi connectivity index (χ3v) is 3.32. The van der Waals surface area contributed by atoms with Gasteiger partial charge >= 0.3 is 5.97 Å². The number of hydrogen-bond acceptors (Lipinski definition) is 3. The van der Waals surface area contributed by atoms with E-state index in [0.29, 0.717) is 12.1 Å². The molecule has 3 nitrogen and oxygen atoms in total. The lowest BCUT2D eigenvalue weighted by Gasteiger charge is -2.33. The molecule has 0 aliphatic rings. The fraction of sp³-hybridized carbons (Fsp3) is 0.526. The Kier molecular flexibility index (Phi) is 6.36. The van der Waals surface area contributed by atoms with Crippen molar-refractivity contribution in [1.82, 2.24) is 5.32 Å². The first kappa shape index (κ1) is 18.4. The van der Waals surface area contributed by atoms with Crippen molar-refractivity contribution in [3.05, 3.63) is 41.5 Å². The number of carbonyl (C=O) groups is 1. The van der Waals surface area contributed by atoms with Crippen molar-refractivity contribution in [2.24, 2.45) is 5.41 Å². The van der Waals surface area contributed by atoms with Gasteiger partial charge in [-0.1, -0.05) is 51.1 Å². The molecule has 0 saturated carbocycles. The van der Waals surface area contributed by atoms with E-state index in [1.807, 2.05) is 36.4 Å². The fourth-order valence-electron chi connectivity index (χ4n) is 2.79. The van der Waals surface area contributed by atoms with Gasteiger partial charge in [0.1, 0.15) is 0 Å². The van der Waals surface area contributed by atoms with Crippen LogP contribution in [-0.4, -0.2) is 25.2 Å². The number of esters is 1. The zero-order valence-electron chi connectivity index (χ0n) is 14.7. The van der Waals surface area contributed by atoms with E-state index in [1.54, 1.807) is 0 Å². The molecule has 1 N–H and O–H groups in total. The van der Waals surface area contributed by atoms with Crippen molar-refractivity contribution in [3.63, 3.8) is 0 Å². The summed E-state index contributed by atoms with van der Waals surface area (Å²) in [6.45, 7) is 11.5. The van der Waals surface area contributed by atoms with Crippen LogP contribution in [0.2, 0.25) is 0 Å². The fourth-order valence-corrected chi connectivity index (χ4v) is 2.79. The second-order valence-corrected chi connectivity index (χ2v) is 7.55. The molecule has 0 amide bonds. The van der Waals surface area contributed by atoms with Crippen molar-refractivity contribution in [2.75, 3.05) is 13.7 Å². The number of ether oxygens (including phenoxy) is 1. The maximum atomic E-state index is 12.0. The molecule has 1 aromatic carbocycles. The highest BCUT2D eigenvalue weighted by Gasteiger charge is 2.25. The molecule has 0 radical (unpaired) electrons. The van der Waals surface area contributed by atoms with Crippen molar-refractivity contribution in [2.45, 2.75) is 46.6 Å². The molecule has 0 aliphatic carbocycles. The summed E-state index contributed by atoms with van der Waals surface area (Å²) < 4.78 is 4.90. The predicted molar refractivity (Wildman–Crippen MR) is 92.6 cm³/mol. The van der Waals surface area contributed by atoms with Crippen molar-refractivity contribution >= 4 is 12.0 Å². The molecule has 122 valence electrons. The maximum Gasteiger partial charge on any atom is 0.335 e. The second kappa shape index (κ2) is 7.59. The maximum absolute atomic E-state index is 12.0. The Bertz CT molecular complexity index is 510. The number of methoxy groups -OCH3 is 1. The van der Waals surface area contributed by atoms with E-state index in [-0.39, 0.29) is 16.9 Å². The first-order valence-electron chi connectivity index (χ1n) is 7.72. The van der Waals surface area contributed by atoms with Crippen LogP contribution in [0.15, 0.2) is 35.9 Å². The average molecular weight is 303 g/mol. The largest absolute Gasteiger partial charge is 0.466 e. The van der Waals surface area contributed by atoms with E-state index in [1.165, 1.54) is 7.11 Å². The van der Waals surface area contributed by atoms with Gasteiger partial charge in [-0.2, -0.15) is 0 Å². The molecule has 0 saturated heterocycles. The smallest absolute Gasteiger partial charge is 0.335 e. The highest BCUT2D eigenvalue weighted by atomic mass is 16.5. The molecule has 0 aromatic heterocycles.